The van der Waals surface area contributed by atoms with Crippen molar-refractivity contribution in [2.45, 2.75) is 45.3 Å². The molecule has 39 heavy (non-hydrogen) atoms. The number of benzene rings is 3. The van der Waals surface area contributed by atoms with Crippen molar-refractivity contribution in [3.8, 4) is 0 Å². The second kappa shape index (κ2) is 13.3. The Bertz CT molecular complexity index is 1370. The number of rotatable bonds is 12. The first-order chi connectivity index (χ1) is 18.5. The number of halogens is 2. The van der Waals surface area contributed by atoms with Crippen molar-refractivity contribution in [1.82, 2.24) is 10.2 Å². The van der Waals surface area contributed by atoms with E-state index in [0.717, 1.165) is 17.9 Å². The Labute approximate surface area is 228 Å². The van der Waals surface area contributed by atoms with Crippen LogP contribution in [-0.2, 0) is 32.6 Å². The molecule has 0 heterocycles. The van der Waals surface area contributed by atoms with Crippen molar-refractivity contribution in [3.05, 3.63) is 102 Å². The summed E-state index contributed by atoms with van der Waals surface area (Å²) in [5, 5.41) is 2.92. The Kier molecular flexibility index (Phi) is 10.2. The fourth-order valence-corrected chi connectivity index (χ4v) is 4.88. The van der Waals surface area contributed by atoms with E-state index in [-0.39, 0.29) is 24.7 Å². The van der Waals surface area contributed by atoms with E-state index < -0.39 is 46.1 Å². The number of amides is 2. The van der Waals surface area contributed by atoms with E-state index in [0.29, 0.717) is 16.3 Å². The minimum atomic E-state index is -4.08. The normalized spacial score (nSPS) is 12.8. The van der Waals surface area contributed by atoms with Gasteiger partial charge in [0.1, 0.15) is 24.2 Å². The number of nitrogens with one attached hydrogen (secondary N) is 1. The van der Waals surface area contributed by atoms with Gasteiger partial charge in [-0.05, 0) is 48.7 Å². The molecule has 0 saturated heterocycles. The Morgan fingerprint density at radius 1 is 0.897 bits per heavy atom. The lowest BCUT2D eigenvalue weighted by Gasteiger charge is -2.34. The third-order valence-corrected chi connectivity index (χ3v) is 7.47. The van der Waals surface area contributed by atoms with Crippen LogP contribution in [0.4, 0.5) is 14.5 Å². The zero-order chi connectivity index (χ0) is 28.6. The molecule has 0 radical (unpaired) electrons. The average Bonchev–Trinajstić information content (AvgIpc) is 2.90. The fraction of sp³-hybridized carbons (Fsp3) is 0.310. The summed E-state index contributed by atoms with van der Waals surface area (Å²) in [7, 11) is -4.08. The summed E-state index contributed by atoms with van der Waals surface area (Å²) in [6.45, 7) is 2.92. The molecule has 0 aliphatic rings. The van der Waals surface area contributed by atoms with E-state index in [1.807, 2.05) is 44.2 Å². The molecule has 7 nitrogen and oxygen atoms in total. The summed E-state index contributed by atoms with van der Waals surface area (Å²) in [5.74, 6) is -2.40. The standard InChI is InChI=1S/C29H33F2N3O4S/c1-4-21(2)32-29(36)27(18-22-10-6-5-7-11-22)33(19-23-14-16-24(30)17-15-23)28(35)20-34(39(3,37)38)26-13-9-8-12-25(26)31/h5-17,21,27H,4,18-20H2,1-3H3,(H,32,36)/t21-,27-/m1/s1. The first-order valence-corrected chi connectivity index (χ1v) is 14.4. The third kappa shape index (κ3) is 8.35. The number of hydrogen-bond donors (Lipinski definition) is 1. The molecular formula is C29H33F2N3O4S. The van der Waals surface area contributed by atoms with Crippen LogP contribution < -0.4 is 9.62 Å². The highest BCUT2D eigenvalue weighted by molar-refractivity contribution is 7.92. The molecule has 0 aliphatic carbocycles. The number of carbonyl (C=O) groups is 2. The molecule has 2 amide bonds. The van der Waals surface area contributed by atoms with Gasteiger partial charge in [0.05, 0.1) is 11.9 Å². The summed E-state index contributed by atoms with van der Waals surface area (Å²) in [5.41, 5.74) is 1.04. The highest BCUT2D eigenvalue weighted by atomic mass is 32.2. The quantitative estimate of drug-likeness (QED) is 0.360. The van der Waals surface area contributed by atoms with Gasteiger partial charge in [0.25, 0.3) is 0 Å². The smallest absolute Gasteiger partial charge is 0.244 e. The Hall–Kier alpha value is -3.79. The highest BCUT2D eigenvalue weighted by Gasteiger charge is 2.34. The van der Waals surface area contributed by atoms with Crippen molar-refractivity contribution < 1.29 is 26.8 Å². The van der Waals surface area contributed by atoms with E-state index >= 15 is 0 Å². The number of nitrogens with zero attached hydrogens (tertiary/aromatic N) is 2. The van der Waals surface area contributed by atoms with Crippen LogP contribution in [0.2, 0.25) is 0 Å². The molecule has 1 N–H and O–H groups in total. The largest absolute Gasteiger partial charge is 0.352 e. The monoisotopic (exact) mass is 557 g/mol. The minimum absolute atomic E-state index is 0.0978. The van der Waals surface area contributed by atoms with E-state index in [2.05, 4.69) is 5.32 Å². The Morgan fingerprint density at radius 2 is 1.51 bits per heavy atom. The highest BCUT2D eigenvalue weighted by Crippen LogP contribution is 2.23. The van der Waals surface area contributed by atoms with Gasteiger partial charge >= 0.3 is 0 Å². The topological polar surface area (TPSA) is 86.8 Å². The van der Waals surface area contributed by atoms with Gasteiger partial charge in [-0.15, -0.1) is 0 Å². The summed E-state index contributed by atoms with van der Waals surface area (Å²) >= 11 is 0. The van der Waals surface area contributed by atoms with Crippen molar-refractivity contribution in [2.24, 2.45) is 0 Å². The predicted molar refractivity (Wildman–Crippen MR) is 147 cm³/mol. The summed E-state index contributed by atoms with van der Waals surface area (Å²) < 4.78 is 54.3. The molecule has 2 atom stereocenters. The predicted octanol–water partition coefficient (Wildman–Crippen LogP) is 4.29. The first-order valence-electron chi connectivity index (χ1n) is 12.6. The SMILES string of the molecule is CC[C@@H](C)NC(=O)[C@@H](Cc1ccccc1)N(Cc1ccc(F)cc1)C(=O)CN(c1ccccc1F)S(C)(=O)=O. The Balaban J connectivity index is 2.06. The molecule has 0 aliphatic heterocycles. The van der Waals surface area contributed by atoms with E-state index in [1.165, 1.54) is 47.4 Å². The number of sulfonamides is 1. The number of hydrogen-bond acceptors (Lipinski definition) is 4. The zero-order valence-corrected chi connectivity index (χ0v) is 23.0. The van der Waals surface area contributed by atoms with Crippen molar-refractivity contribution in [2.75, 3.05) is 17.1 Å². The van der Waals surface area contributed by atoms with Crippen LogP contribution in [0.3, 0.4) is 0 Å². The van der Waals surface area contributed by atoms with E-state index in [1.54, 1.807) is 0 Å². The van der Waals surface area contributed by atoms with Crippen LogP contribution >= 0.6 is 0 Å². The van der Waals surface area contributed by atoms with Crippen LogP contribution in [-0.4, -0.2) is 50.0 Å². The van der Waals surface area contributed by atoms with E-state index in [9.17, 15) is 26.8 Å². The molecule has 0 unspecified atom stereocenters. The van der Waals surface area contributed by atoms with Crippen LogP contribution in [0.5, 0.6) is 0 Å². The van der Waals surface area contributed by atoms with Gasteiger partial charge in [0, 0.05) is 19.0 Å². The maximum absolute atomic E-state index is 14.6. The van der Waals surface area contributed by atoms with E-state index in [4.69, 9.17) is 0 Å². The molecule has 3 aromatic carbocycles. The average molecular weight is 558 g/mol. The maximum atomic E-state index is 14.6. The molecule has 208 valence electrons. The van der Waals surface area contributed by atoms with Gasteiger partial charge in [-0.25, -0.2) is 17.2 Å². The van der Waals surface area contributed by atoms with Crippen LogP contribution in [0, 0.1) is 11.6 Å². The molecule has 0 fully saturated rings. The first kappa shape index (κ1) is 29.8. The third-order valence-electron chi connectivity index (χ3n) is 6.34. The second-order valence-corrected chi connectivity index (χ2v) is 11.3. The summed E-state index contributed by atoms with van der Waals surface area (Å²) in [6, 6.07) is 18.6. The second-order valence-electron chi connectivity index (χ2n) is 9.39. The van der Waals surface area contributed by atoms with Crippen molar-refractivity contribution in [1.29, 1.82) is 0 Å². The summed E-state index contributed by atoms with van der Waals surface area (Å²) in [4.78, 5) is 28.7. The van der Waals surface area contributed by atoms with Crippen LogP contribution in [0.25, 0.3) is 0 Å². The van der Waals surface area contributed by atoms with Gasteiger partial charge in [0.2, 0.25) is 21.8 Å². The molecule has 0 bridgehead atoms. The van der Waals surface area contributed by atoms with Gasteiger partial charge < -0.3 is 10.2 Å². The van der Waals surface area contributed by atoms with Gasteiger partial charge in [-0.3, -0.25) is 13.9 Å². The molecule has 3 rings (SSSR count). The maximum Gasteiger partial charge on any atom is 0.244 e. The molecular weight excluding hydrogens is 524 g/mol. The number of carbonyl (C=O) groups excluding carboxylic acids is 2. The fourth-order valence-electron chi connectivity index (χ4n) is 4.03. The molecule has 3 aromatic rings. The minimum Gasteiger partial charge on any atom is -0.352 e. The number of para-hydroxylation sites is 1. The molecule has 0 aromatic heterocycles. The summed E-state index contributed by atoms with van der Waals surface area (Å²) in [6.07, 6.45) is 1.69. The molecule has 0 saturated carbocycles. The van der Waals surface area contributed by atoms with Gasteiger partial charge in [-0.1, -0.05) is 61.5 Å². The number of anilines is 1. The van der Waals surface area contributed by atoms with Gasteiger partial charge in [0.15, 0.2) is 0 Å². The lowest BCUT2D eigenvalue weighted by molar-refractivity contribution is -0.140. The lowest BCUT2D eigenvalue weighted by Crippen LogP contribution is -2.54. The van der Waals surface area contributed by atoms with Gasteiger partial charge in [-0.2, -0.15) is 0 Å². The molecule has 0 spiro atoms. The molecule has 10 heteroatoms. The zero-order valence-electron chi connectivity index (χ0n) is 22.2. The van der Waals surface area contributed by atoms with Crippen molar-refractivity contribution in [3.63, 3.8) is 0 Å². The Morgan fingerprint density at radius 3 is 2.10 bits per heavy atom. The van der Waals surface area contributed by atoms with Crippen LogP contribution in [0.1, 0.15) is 31.4 Å². The van der Waals surface area contributed by atoms with Crippen LogP contribution in [0.15, 0.2) is 78.9 Å². The van der Waals surface area contributed by atoms with Crippen molar-refractivity contribution >= 4 is 27.5 Å². The lowest BCUT2D eigenvalue weighted by atomic mass is 10.0.